The lowest BCUT2D eigenvalue weighted by molar-refractivity contribution is -0.583. The van der Waals surface area contributed by atoms with E-state index in [4.69, 9.17) is 0 Å². The van der Waals surface area contributed by atoms with E-state index in [9.17, 15) is 15.3 Å². The highest BCUT2D eigenvalue weighted by Gasteiger charge is 2.22. The van der Waals surface area contributed by atoms with E-state index in [2.05, 4.69) is 4.98 Å². The first kappa shape index (κ1) is 15.7. The minimum Gasteiger partial charge on any atom is -0.710 e. The number of hydrogen-bond donors (Lipinski definition) is 0. The Kier molecular flexibility index (Phi) is 3.78. The van der Waals surface area contributed by atoms with Crippen molar-refractivity contribution in [3.63, 3.8) is 0 Å². The summed E-state index contributed by atoms with van der Waals surface area (Å²) in [6.07, 6.45) is 0. The number of fused-ring (bicyclic) bond motifs is 1. The maximum atomic E-state index is 13.1. The van der Waals surface area contributed by atoms with Crippen LogP contribution >= 0.6 is 0 Å². The summed E-state index contributed by atoms with van der Waals surface area (Å²) in [5.41, 5.74) is 2.20. The zero-order valence-corrected chi connectivity index (χ0v) is 13.6. The number of benzene rings is 3. The molecule has 0 bridgehead atoms. The van der Waals surface area contributed by atoms with Crippen molar-refractivity contribution < 1.29 is 9.65 Å². The molecule has 0 atom stereocenters. The maximum Gasteiger partial charge on any atom is 0.334 e. The van der Waals surface area contributed by atoms with Crippen LogP contribution in [-0.2, 0) is 0 Å². The summed E-state index contributed by atoms with van der Waals surface area (Å²) in [6.45, 7) is 0. The molecule has 3 aromatic carbocycles. The molecule has 0 fully saturated rings. The van der Waals surface area contributed by atoms with Gasteiger partial charge in [0.15, 0.2) is 5.52 Å². The predicted molar refractivity (Wildman–Crippen MR) is 98.2 cm³/mol. The van der Waals surface area contributed by atoms with Crippen molar-refractivity contribution in [2.75, 3.05) is 0 Å². The van der Waals surface area contributed by atoms with Crippen LogP contribution in [0.15, 0.2) is 78.9 Å². The number of hydrogen-bond acceptors (Lipinski definition) is 4. The summed E-state index contributed by atoms with van der Waals surface area (Å²) >= 11 is 0. The number of non-ortho nitro benzene ring substituents is 1. The molecule has 6 nitrogen and oxygen atoms in total. The highest BCUT2D eigenvalue weighted by Crippen LogP contribution is 2.28. The quantitative estimate of drug-likeness (QED) is 0.242. The van der Waals surface area contributed by atoms with Crippen molar-refractivity contribution in [3.8, 4) is 22.6 Å². The minimum absolute atomic E-state index is 0.0845. The van der Waals surface area contributed by atoms with Gasteiger partial charge in [-0.2, -0.15) is 0 Å². The van der Waals surface area contributed by atoms with Crippen LogP contribution in [0.4, 0.5) is 5.69 Å². The van der Waals surface area contributed by atoms with Gasteiger partial charge in [0.2, 0.25) is 0 Å². The highest BCUT2D eigenvalue weighted by atomic mass is 16.6. The van der Waals surface area contributed by atoms with E-state index in [1.165, 1.54) is 12.1 Å². The van der Waals surface area contributed by atoms with E-state index in [0.29, 0.717) is 16.8 Å². The second-order valence-corrected chi connectivity index (χ2v) is 5.77. The van der Waals surface area contributed by atoms with E-state index < -0.39 is 4.92 Å². The largest absolute Gasteiger partial charge is 0.710 e. The predicted octanol–water partition coefficient (Wildman–Crippen LogP) is 4.11. The van der Waals surface area contributed by atoms with Crippen LogP contribution in [0.2, 0.25) is 0 Å². The molecule has 0 aliphatic heterocycles. The van der Waals surface area contributed by atoms with Gasteiger partial charge in [-0.3, -0.25) is 10.1 Å². The molecule has 0 saturated heterocycles. The van der Waals surface area contributed by atoms with Gasteiger partial charge in [0.05, 0.1) is 15.9 Å². The van der Waals surface area contributed by atoms with Crippen LogP contribution in [0, 0.1) is 15.3 Å². The Balaban J connectivity index is 2.05. The van der Waals surface area contributed by atoms with Gasteiger partial charge in [-0.15, -0.1) is 0 Å². The molecule has 126 valence electrons. The van der Waals surface area contributed by atoms with E-state index in [1.807, 2.05) is 54.6 Å². The third kappa shape index (κ3) is 2.63. The first-order chi connectivity index (χ1) is 12.6. The smallest absolute Gasteiger partial charge is 0.334 e. The second kappa shape index (κ2) is 6.25. The molecule has 0 amide bonds. The number of para-hydroxylation sites is 1. The van der Waals surface area contributed by atoms with E-state index in [-0.39, 0.29) is 11.5 Å². The van der Waals surface area contributed by atoms with Gasteiger partial charge in [0, 0.05) is 17.7 Å². The van der Waals surface area contributed by atoms with Gasteiger partial charge in [-0.1, -0.05) is 48.5 Å². The lowest BCUT2D eigenvalue weighted by atomic mass is 10.1. The third-order valence-corrected chi connectivity index (χ3v) is 4.14. The molecule has 0 spiro atoms. The molecule has 0 aliphatic carbocycles. The Morgan fingerprint density at radius 3 is 2.31 bits per heavy atom. The van der Waals surface area contributed by atoms with Crippen molar-refractivity contribution in [3.05, 3.63) is 94.2 Å². The van der Waals surface area contributed by atoms with Gasteiger partial charge < -0.3 is 5.21 Å². The summed E-state index contributed by atoms with van der Waals surface area (Å²) in [5.74, 6) is 0.131. The molecule has 26 heavy (non-hydrogen) atoms. The fourth-order valence-corrected chi connectivity index (χ4v) is 2.96. The average molecular weight is 343 g/mol. The molecular formula is C20H13N3O3. The standard InChI is InChI=1S/C20H13N3O3/c24-22-19(14-7-2-1-3-8-14)17-11-4-5-12-18(17)21-20(22)15-9-6-10-16(13-15)23(25)26/h1-13H. The molecule has 0 radical (unpaired) electrons. The van der Waals surface area contributed by atoms with Crippen LogP contribution in [0.3, 0.4) is 0 Å². The first-order valence-corrected chi connectivity index (χ1v) is 7.98. The van der Waals surface area contributed by atoms with Crippen molar-refractivity contribution >= 4 is 16.6 Å². The minimum atomic E-state index is -0.488. The number of nitrogens with zero attached hydrogens (tertiary/aromatic N) is 3. The summed E-state index contributed by atoms with van der Waals surface area (Å²) in [5, 5.41) is 24.9. The van der Waals surface area contributed by atoms with Gasteiger partial charge in [0.25, 0.3) is 5.69 Å². The number of nitro benzene ring substituents is 1. The van der Waals surface area contributed by atoms with E-state index >= 15 is 0 Å². The fourth-order valence-electron chi connectivity index (χ4n) is 2.96. The normalized spacial score (nSPS) is 10.8. The zero-order valence-electron chi connectivity index (χ0n) is 13.6. The number of aromatic nitrogens is 2. The van der Waals surface area contributed by atoms with Crippen molar-refractivity contribution in [2.45, 2.75) is 0 Å². The highest BCUT2D eigenvalue weighted by molar-refractivity contribution is 5.91. The molecule has 6 heteroatoms. The van der Waals surface area contributed by atoms with Gasteiger partial charge in [0.1, 0.15) is 5.69 Å². The first-order valence-electron chi connectivity index (χ1n) is 7.98. The van der Waals surface area contributed by atoms with Crippen molar-refractivity contribution in [1.82, 2.24) is 4.98 Å². The Hall–Kier alpha value is -3.80. The van der Waals surface area contributed by atoms with Gasteiger partial charge in [-0.25, -0.2) is 4.73 Å². The third-order valence-electron chi connectivity index (χ3n) is 4.14. The SMILES string of the molecule is O=[N+]([O-])c1cccc(-c2nc3ccccc3c(-c3ccccc3)[n+]2[O-])c1. The van der Waals surface area contributed by atoms with Crippen molar-refractivity contribution in [1.29, 1.82) is 0 Å². The molecule has 0 unspecified atom stereocenters. The second-order valence-electron chi connectivity index (χ2n) is 5.77. The molecular weight excluding hydrogens is 330 g/mol. The molecule has 0 aliphatic rings. The molecule has 0 N–H and O–H groups in total. The van der Waals surface area contributed by atoms with Crippen LogP contribution < -0.4 is 4.73 Å². The van der Waals surface area contributed by atoms with E-state index in [1.54, 1.807) is 12.1 Å². The monoisotopic (exact) mass is 343 g/mol. The number of rotatable bonds is 3. The molecule has 4 aromatic rings. The summed E-state index contributed by atoms with van der Waals surface area (Å²) in [7, 11) is 0. The topological polar surface area (TPSA) is 83.0 Å². The molecule has 1 aromatic heterocycles. The molecule has 0 saturated carbocycles. The number of nitro groups is 1. The molecule has 4 rings (SSSR count). The summed E-state index contributed by atoms with van der Waals surface area (Å²) in [4.78, 5) is 15.0. The van der Waals surface area contributed by atoms with Gasteiger partial charge in [-0.05, 0) is 23.2 Å². The van der Waals surface area contributed by atoms with Gasteiger partial charge >= 0.3 is 5.82 Å². The summed E-state index contributed by atoms with van der Waals surface area (Å²) < 4.78 is 0.747. The Morgan fingerprint density at radius 2 is 1.54 bits per heavy atom. The van der Waals surface area contributed by atoms with Crippen LogP contribution in [0.25, 0.3) is 33.5 Å². The van der Waals surface area contributed by atoms with Crippen LogP contribution in [0.1, 0.15) is 0 Å². The lowest BCUT2D eigenvalue weighted by Crippen LogP contribution is -2.33. The Morgan fingerprint density at radius 1 is 0.846 bits per heavy atom. The van der Waals surface area contributed by atoms with Crippen molar-refractivity contribution in [2.24, 2.45) is 0 Å². The fraction of sp³-hybridized carbons (Fsp3) is 0. The Labute approximate surface area is 148 Å². The average Bonchev–Trinajstić information content (AvgIpc) is 2.68. The lowest BCUT2D eigenvalue weighted by Gasteiger charge is -2.14. The van der Waals surface area contributed by atoms with Crippen LogP contribution in [0.5, 0.6) is 0 Å². The molecule has 1 heterocycles. The Bertz CT molecular complexity index is 1130. The van der Waals surface area contributed by atoms with E-state index in [0.717, 1.165) is 15.7 Å². The summed E-state index contributed by atoms with van der Waals surface area (Å²) in [6, 6.07) is 22.6. The zero-order chi connectivity index (χ0) is 18.1. The van der Waals surface area contributed by atoms with Crippen LogP contribution in [-0.4, -0.2) is 9.91 Å². The maximum absolute atomic E-state index is 13.1.